The van der Waals surface area contributed by atoms with Crippen LogP contribution < -0.4 is 15.4 Å². The molecule has 0 spiro atoms. The fourth-order valence-electron chi connectivity index (χ4n) is 4.21. The number of hydrogen-bond acceptors (Lipinski definition) is 5. The number of ether oxygens (including phenoxy) is 1. The second-order valence-corrected chi connectivity index (χ2v) is 9.55. The van der Waals surface area contributed by atoms with Crippen molar-refractivity contribution in [2.75, 3.05) is 6.54 Å². The quantitative estimate of drug-likeness (QED) is 0.338. The van der Waals surface area contributed by atoms with Gasteiger partial charge in [-0.3, -0.25) is 19.2 Å². The zero-order valence-corrected chi connectivity index (χ0v) is 22.0. The van der Waals surface area contributed by atoms with Crippen LogP contribution in [0.2, 0.25) is 0 Å². The van der Waals surface area contributed by atoms with Crippen molar-refractivity contribution in [2.45, 2.75) is 58.0 Å². The van der Waals surface area contributed by atoms with Crippen molar-refractivity contribution in [1.82, 2.24) is 15.5 Å². The van der Waals surface area contributed by atoms with E-state index in [4.69, 9.17) is 4.74 Å². The summed E-state index contributed by atoms with van der Waals surface area (Å²) in [4.78, 5) is 49.0. The molecule has 0 aliphatic carbocycles. The molecule has 2 N–H and O–H groups in total. The Hall–Kier alpha value is -3.97. The zero-order valence-electron chi connectivity index (χ0n) is 22.0. The highest BCUT2D eigenvalue weighted by molar-refractivity contribution is 6.58. The predicted molar refractivity (Wildman–Crippen MR) is 135 cm³/mol. The summed E-state index contributed by atoms with van der Waals surface area (Å²) in [6.45, 7) is 3.12. The summed E-state index contributed by atoms with van der Waals surface area (Å²) in [6, 6.07) is 6.36. The number of carbonyl (C=O) groups is 4. The van der Waals surface area contributed by atoms with Gasteiger partial charge in [0.15, 0.2) is 5.81 Å². The standard InChI is InChI=1S/C26H27BF5N3O5/c1-14(2)40-17-6-8-19(20(11-17)26(30,31)32)25(28,29)23(38)33-12-15-5-7-18-16(10-15)13-35(22(18)37)9-3-4-21(36)34-24(27)39/h5-8,10-11,14H,3-4,9,12-13,27H2,1-2H3,(H,33,38)(H,34,36,39). The first kappa shape index (κ1) is 30.6. The molecule has 1 heterocycles. The molecule has 0 saturated heterocycles. The second-order valence-electron chi connectivity index (χ2n) is 9.55. The third kappa shape index (κ3) is 7.36. The summed E-state index contributed by atoms with van der Waals surface area (Å²) in [6.07, 6.45) is -5.31. The molecule has 0 saturated carbocycles. The van der Waals surface area contributed by atoms with Crippen LogP contribution in [0.5, 0.6) is 5.75 Å². The minimum absolute atomic E-state index is 0.0364. The lowest BCUT2D eigenvalue weighted by Crippen LogP contribution is -2.39. The summed E-state index contributed by atoms with van der Waals surface area (Å²) >= 11 is 0. The number of alkyl halides is 5. The third-order valence-corrected chi connectivity index (χ3v) is 5.94. The Morgan fingerprint density at radius 3 is 2.38 bits per heavy atom. The van der Waals surface area contributed by atoms with Gasteiger partial charge in [-0.15, -0.1) is 0 Å². The molecule has 2 aromatic carbocycles. The van der Waals surface area contributed by atoms with Crippen LogP contribution >= 0.6 is 0 Å². The maximum Gasteiger partial charge on any atom is 0.417 e. The maximum absolute atomic E-state index is 15.0. The topological polar surface area (TPSA) is 105 Å². The zero-order chi connectivity index (χ0) is 29.8. The number of rotatable bonds is 10. The van der Waals surface area contributed by atoms with Gasteiger partial charge in [0.05, 0.1) is 11.7 Å². The third-order valence-electron chi connectivity index (χ3n) is 5.94. The van der Waals surface area contributed by atoms with E-state index in [0.29, 0.717) is 35.2 Å². The van der Waals surface area contributed by atoms with Crippen molar-refractivity contribution < 1.29 is 45.9 Å². The van der Waals surface area contributed by atoms with Crippen molar-refractivity contribution in [2.24, 2.45) is 0 Å². The molecule has 2 aromatic rings. The number of fused-ring (bicyclic) bond motifs is 1. The van der Waals surface area contributed by atoms with Gasteiger partial charge < -0.3 is 20.3 Å². The van der Waals surface area contributed by atoms with Crippen molar-refractivity contribution in [1.29, 1.82) is 0 Å². The van der Waals surface area contributed by atoms with Gasteiger partial charge >= 0.3 is 12.1 Å². The number of carbonyl (C=O) groups excluding carboxylic acids is 4. The molecule has 0 radical (unpaired) electrons. The fraction of sp³-hybridized carbons (Fsp3) is 0.385. The lowest BCUT2D eigenvalue weighted by molar-refractivity contribution is -0.153. The average Bonchev–Trinajstić information content (AvgIpc) is 3.15. The maximum atomic E-state index is 15.0. The van der Waals surface area contributed by atoms with Crippen LogP contribution in [0, 0.1) is 0 Å². The Kier molecular flexibility index (Phi) is 9.21. The highest BCUT2D eigenvalue weighted by Gasteiger charge is 2.48. The van der Waals surface area contributed by atoms with Crippen molar-refractivity contribution in [3.8, 4) is 5.75 Å². The van der Waals surface area contributed by atoms with Gasteiger partial charge in [0.2, 0.25) is 13.8 Å². The molecule has 0 atom stereocenters. The van der Waals surface area contributed by atoms with E-state index in [1.165, 1.54) is 30.9 Å². The Morgan fingerprint density at radius 1 is 1.05 bits per heavy atom. The summed E-state index contributed by atoms with van der Waals surface area (Å²) in [5, 5.41) is 4.12. The summed E-state index contributed by atoms with van der Waals surface area (Å²) in [7, 11) is 1.21. The number of amides is 4. The fourth-order valence-corrected chi connectivity index (χ4v) is 4.21. The second kappa shape index (κ2) is 12.0. The smallest absolute Gasteiger partial charge is 0.417 e. The molecular weight excluding hydrogens is 540 g/mol. The number of nitrogens with zero attached hydrogens (tertiary/aromatic N) is 1. The van der Waals surface area contributed by atoms with E-state index in [-0.39, 0.29) is 31.2 Å². The molecule has 1 aliphatic rings. The lowest BCUT2D eigenvalue weighted by Gasteiger charge is -2.22. The van der Waals surface area contributed by atoms with Gasteiger partial charge in [-0.25, -0.2) is 0 Å². The molecule has 214 valence electrons. The normalized spacial score (nSPS) is 13.3. The number of nitrogens with one attached hydrogen (secondary N) is 2. The van der Waals surface area contributed by atoms with Gasteiger partial charge in [-0.2, -0.15) is 22.0 Å². The van der Waals surface area contributed by atoms with Gasteiger partial charge in [0.1, 0.15) is 5.75 Å². The van der Waals surface area contributed by atoms with Crippen LogP contribution in [0.3, 0.4) is 0 Å². The summed E-state index contributed by atoms with van der Waals surface area (Å²) in [5.74, 6) is -7.93. The number of hydrogen-bond donors (Lipinski definition) is 2. The van der Waals surface area contributed by atoms with Gasteiger partial charge in [0.25, 0.3) is 11.8 Å². The molecule has 4 amide bonds. The van der Waals surface area contributed by atoms with Crippen LogP contribution in [0.25, 0.3) is 0 Å². The highest BCUT2D eigenvalue weighted by atomic mass is 19.4. The van der Waals surface area contributed by atoms with Gasteiger partial charge in [-0.1, -0.05) is 12.1 Å². The molecule has 0 unspecified atom stereocenters. The number of halogens is 5. The van der Waals surface area contributed by atoms with Gasteiger partial charge in [0, 0.05) is 37.2 Å². The van der Waals surface area contributed by atoms with E-state index in [1.54, 1.807) is 13.8 Å². The Morgan fingerprint density at radius 2 is 1.75 bits per heavy atom. The minimum Gasteiger partial charge on any atom is -0.491 e. The summed E-state index contributed by atoms with van der Waals surface area (Å²) < 4.78 is 75.8. The molecule has 1 aliphatic heterocycles. The highest BCUT2D eigenvalue weighted by Crippen LogP contribution is 2.41. The van der Waals surface area contributed by atoms with Crippen molar-refractivity contribution in [3.05, 3.63) is 64.2 Å². The lowest BCUT2D eigenvalue weighted by atomic mass is 9.99. The van der Waals surface area contributed by atoms with E-state index < -0.39 is 53.5 Å². The number of imide groups is 1. The molecule has 0 fully saturated rings. The Bertz CT molecular complexity index is 1320. The van der Waals surface area contributed by atoms with E-state index >= 15 is 0 Å². The SMILES string of the molecule is BC(=O)NC(=O)CCCN1Cc2cc(CNC(=O)C(F)(F)c3ccc(OC(C)C)cc3C(F)(F)F)ccc2C1=O. The van der Waals surface area contributed by atoms with E-state index in [1.807, 2.05) is 5.32 Å². The van der Waals surface area contributed by atoms with Crippen molar-refractivity contribution >= 4 is 31.4 Å². The summed E-state index contributed by atoms with van der Waals surface area (Å²) in [5.41, 5.74) is -1.89. The first-order chi connectivity index (χ1) is 18.6. The molecule has 0 aromatic heterocycles. The van der Waals surface area contributed by atoms with Crippen molar-refractivity contribution in [3.63, 3.8) is 0 Å². The largest absolute Gasteiger partial charge is 0.491 e. The Balaban J connectivity index is 1.66. The molecule has 40 heavy (non-hydrogen) atoms. The minimum atomic E-state index is -5.16. The molecule has 14 heteroatoms. The average molecular weight is 567 g/mol. The first-order valence-corrected chi connectivity index (χ1v) is 12.4. The van der Waals surface area contributed by atoms with Crippen LogP contribution in [0.1, 0.15) is 59.3 Å². The van der Waals surface area contributed by atoms with Gasteiger partial charge in [-0.05, 0) is 55.7 Å². The van der Waals surface area contributed by atoms with E-state index in [9.17, 15) is 41.1 Å². The monoisotopic (exact) mass is 567 g/mol. The molecule has 0 bridgehead atoms. The Labute approximate surface area is 227 Å². The molecular formula is C26H27BF5N3O5. The first-order valence-electron chi connectivity index (χ1n) is 12.4. The van der Waals surface area contributed by atoms with Crippen LogP contribution in [-0.2, 0) is 34.8 Å². The molecule has 8 nitrogen and oxygen atoms in total. The molecule has 3 rings (SSSR count). The van der Waals surface area contributed by atoms with E-state index in [2.05, 4.69) is 5.32 Å². The number of benzene rings is 2. The van der Waals surface area contributed by atoms with E-state index in [0.717, 1.165) is 6.07 Å². The predicted octanol–water partition coefficient (Wildman–Crippen LogP) is 3.51. The van der Waals surface area contributed by atoms with Crippen LogP contribution in [0.15, 0.2) is 36.4 Å². The van der Waals surface area contributed by atoms with Crippen LogP contribution in [0.4, 0.5) is 26.7 Å². The van der Waals surface area contributed by atoms with Crippen LogP contribution in [-0.4, -0.2) is 48.9 Å².